The molecular weight excluding hydrogens is 386 g/mol. The van der Waals surface area contributed by atoms with Gasteiger partial charge in [-0.25, -0.2) is 0 Å². The summed E-state index contributed by atoms with van der Waals surface area (Å²) in [6.45, 7) is 2.13. The van der Waals surface area contributed by atoms with Crippen LogP contribution in [0.1, 0.15) is 59.2 Å². The number of piperidine rings is 1. The number of carbonyl (C=O) groups is 4. The Morgan fingerprint density at radius 2 is 1.70 bits per heavy atom. The van der Waals surface area contributed by atoms with Crippen molar-refractivity contribution < 1.29 is 23.9 Å². The van der Waals surface area contributed by atoms with Crippen LogP contribution in [0, 0.1) is 0 Å². The Morgan fingerprint density at radius 3 is 2.30 bits per heavy atom. The monoisotopic (exact) mass is 413 g/mol. The summed E-state index contributed by atoms with van der Waals surface area (Å²) in [5.74, 6) is -0.604. The van der Waals surface area contributed by atoms with E-state index in [9.17, 15) is 19.2 Å². The Hall–Kier alpha value is -2.74. The van der Waals surface area contributed by atoms with Crippen molar-refractivity contribution in [2.45, 2.75) is 50.7 Å². The molecule has 0 saturated carbocycles. The van der Waals surface area contributed by atoms with Crippen LogP contribution in [0.15, 0.2) is 24.3 Å². The third-order valence-electron chi connectivity index (χ3n) is 6.04. The lowest BCUT2D eigenvalue weighted by Crippen LogP contribution is -2.49. The van der Waals surface area contributed by atoms with Gasteiger partial charge in [0.15, 0.2) is 0 Å². The van der Waals surface area contributed by atoms with Gasteiger partial charge in [-0.05, 0) is 44.2 Å². The summed E-state index contributed by atoms with van der Waals surface area (Å²) in [7, 11) is 0. The summed E-state index contributed by atoms with van der Waals surface area (Å²) in [5, 5.41) is 3.02. The van der Waals surface area contributed by atoms with Crippen molar-refractivity contribution in [1.82, 2.24) is 15.1 Å². The molecule has 0 spiro atoms. The van der Waals surface area contributed by atoms with E-state index in [-0.39, 0.29) is 48.7 Å². The molecule has 8 nitrogen and oxygen atoms in total. The zero-order valence-electron chi connectivity index (χ0n) is 17.0. The lowest BCUT2D eigenvalue weighted by molar-refractivity contribution is -0.142. The van der Waals surface area contributed by atoms with Crippen LogP contribution in [0.3, 0.4) is 0 Å². The first-order valence-corrected chi connectivity index (χ1v) is 10.7. The Labute approximate surface area is 175 Å². The number of rotatable bonds is 6. The summed E-state index contributed by atoms with van der Waals surface area (Å²) >= 11 is 0. The number of amides is 4. The quantitative estimate of drug-likeness (QED) is 0.711. The molecule has 30 heavy (non-hydrogen) atoms. The van der Waals surface area contributed by atoms with Gasteiger partial charge in [-0.15, -0.1) is 0 Å². The highest BCUT2D eigenvalue weighted by atomic mass is 16.5. The molecule has 4 amide bonds. The number of ether oxygens (including phenoxy) is 1. The lowest BCUT2D eigenvalue weighted by Gasteiger charge is -2.33. The highest BCUT2D eigenvalue weighted by Crippen LogP contribution is 2.23. The molecule has 3 heterocycles. The molecule has 0 aromatic heterocycles. The van der Waals surface area contributed by atoms with Gasteiger partial charge in [-0.1, -0.05) is 12.1 Å². The maximum atomic E-state index is 12.4. The fourth-order valence-corrected chi connectivity index (χ4v) is 4.36. The molecule has 0 bridgehead atoms. The van der Waals surface area contributed by atoms with Crippen LogP contribution < -0.4 is 5.32 Å². The molecule has 8 heteroatoms. The number of hydrogen-bond donors (Lipinski definition) is 1. The third kappa shape index (κ3) is 4.23. The van der Waals surface area contributed by atoms with Crippen molar-refractivity contribution in [1.29, 1.82) is 0 Å². The zero-order valence-corrected chi connectivity index (χ0v) is 17.0. The minimum absolute atomic E-state index is 0.0466. The van der Waals surface area contributed by atoms with Crippen LogP contribution in [-0.4, -0.2) is 71.8 Å². The van der Waals surface area contributed by atoms with Gasteiger partial charge in [-0.3, -0.25) is 24.1 Å². The second kappa shape index (κ2) is 8.95. The van der Waals surface area contributed by atoms with Crippen molar-refractivity contribution >= 4 is 23.6 Å². The first kappa shape index (κ1) is 20.5. The predicted molar refractivity (Wildman–Crippen MR) is 108 cm³/mol. The summed E-state index contributed by atoms with van der Waals surface area (Å²) in [6, 6.07) is 6.82. The van der Waals surface area contributed by atoms with Gasteiger partial charge in [0.2, 0.25) is 5.91 Å². The third-order valence-corrected chi connectivity index (χ3v) is 6.04. The van der Waals surface area contributed by atoms with Gasteiger partial charge in [0.1, 0.15) is 6.10 Å². The van der Waals surface area contributed by atoms with Gasteiger partial charge in [0.05, 0.1) is 11.1 Å². The molecule has 2 fully saturated rings. The number of likely N-dealkylation sites (tertiary alicyclic amines) is 1. The first-order chi connectivity index (χ1) is 14.5. The topological polar surface area (TPSA) is 96.0 Å². The highest BCUT2D eigenvalue weighted by Gasteiger charge is 2.35. The average Bonchev–Trinajstić information content (AvgIpc) is 3.38. The molecule has 0 aliphatic carbocycles. The Bertz CT molecular complexity index is 806. The summed E-state index contributed by atoms with van der Waals surface area (Å²) in [6.07, 6.45) is 3.56. The van der Waals surface area contributed by atoms with Crippen LogP contribution >= 0.6 is 0 Å². The number of fused-ring (bicyclic) bond motifs is 1. The van der Waals surface area contributed by atoms with E-state index < -0.39 is 0 Å². The van der Waals surface area contributed by atoms with Crippen molar-refractivity contribution in [2.75, 3.05) is 26.2 Å². The van der Waals surface area contributed by atoms with Crippen molar-refractivity contribution in [3.63, 3.8) is 0 Å². The van der Waals surface area contributed by atoms with E-state index >= 15 is 0 Å². The molecule has 1 atom stereocenters. The Kier molecular flexibility index (Phi) is 6.13. The second-order valence-corrected chi connectivity index (χ2v) is 8.08. The molecule has 160 valence electrons. The van der Waals surface area contributed by atoms with Gasteiger partial charge < -0.3 is 15.0 Å². The normalized spacial score (nSPS) is 21.8. The van der Waals surface area contributed by atoms with E-state index in [2.05, 4.69) is 5.32 Å². The fraction of sp³-hybridized carbons (Fsp3) is 0.545. The Balaban J connectivity index is 1.17. The minimum atomic E-state index is -0.293. The lowest BCUT2D eigenvalue weighted by atomic mass is 10.0. The standard InChI is InChI=1S/C22H27N3O5/c26-19(8-3-11-25-20(27)16-5-1-2-6-17(16)21(25)28)23-15-9-12-24(13-10-15)22(29)18-7-4-14-30-18/h1-2,5-6,15,18H,3-4,7-14H2,(H,23,26). The van der Waals surface area contributed by atoms with Gasteiger partial charge >= 0.3 is 0 Å². The summed E-state index contributed by atoms with van der Waals surface area (Å²) < 4.78 is 5.47. The van der Waals surface area contributed by atoms with Gasteiger partial charge in [0.25, 0.3) is 17.7 Å². The smallest absolute Gasteiger partial charge is 0.261 e. The highest BCUT2D eigenvalue weighted by molar-refractivity contribution is 6.21. The molecule has 4 rings (SSSR count). The van der Waals surface area contributed by atoms with E-state index in [1.165, 1.54) is 4.90 Å². The predicted octanol–water partition coefficient (Wildman–Crippen LogP) is 1.35. The number of carbonyl (C=O) groups excluding carboxylic acids is 4. The van der Waals surface area contributed by atoms with E-state index in [1.807, 2.05) is 4.90 Å². The van der Waals surface area contributed by atoms with Crippen LogP contribution in [0.4, 0.5) is 0 Å². The molecule has 1 aromatic carbocycles. The molecule has 1 unspecified atom stereocenters. The van der Waals surface area contributed by atoms with Crippen LogP contribution in [0.25, 0.3) is 0 Å². The second-order valence-electron chi connectivity index (χ2n) is 8.08. The molecule has 3 aliphatic heterocycles. The first-order valence-electron chi connectivity index (χ1n) is 10.7. The summed E-state index contributed by atoms with van der Waals surface area (Å²) in [5.41, 5.74) is 0.854. The maximum absolute atomic E-state index is 12.4. The van der Waals surface area contributed by atoms with E-state index in [0.717, 1.165) is 25.7 Å². The maximum Gasteiger partial charge on any atom is 0.261 e. The van der Waals surface area contributed by atoms with Crippen LogP contribution in [0.5, 0.6) is 0 Å². The Morgan fingerprint density at radius 1 is 1.03 bits per heavy atom. The van der Waals surface area contributed by atoms with E-state index in [1.54, 1.807) is 24.3 Å². The van der Waals surface area contributed by atoms with Crippen LogP contribution in [-0.2, 0) is 14.3 Å². The van der Waals surface area contributed by atoms with Crippen molar-refractivity contribution in [3.05, 3.63) is 35.4 Å². The molecular formula is C22H27N3O5. The summed E-state index contributed by atoms with van der Waals surface area (Å²) in [4.78, 5) is 52.4. The average molecular weight is 413 g/mol. The number of nitrogens with one attached hydrogen (secondary N) is 1. The largest absolute Gasteiger partial charge is 0.368 e. The van der Waals surface area contributed by atoms with Crippen molar-refractivity contribution in [3.8, 4) is 0 Å². The van der Waals surface area contributed by atoms with Gasteiger partial charge in [-0.2, -0.15) is 0 Å². The SMILES string of the molecule is O=C(CCCN1C(=O)c2ccccc2C1=O)NC1CCN(C(=O)C2CCCO2)CC1. The number of nitrogens with zero attached hydrogens (tertiary/aromatic N) is 2. The molecule has 1 aromatic rings. The van der Waals surface area contributed by atoms with E-state index in [0.29, 0.717) is 37.2 Å². The van der Waals surface area contributed by atoms with Crippen LogP contribution in [0.2, 0.25) is 0 Å². The number of hydrogen-bond acceptors (Lipinski definition) is 5. The van der Waals surface area contributed by atoms with E-state index in [4.69, 9.17) is 4.74 Å². The molecule has 1 N–H and O–H groups in total. The van der Waals surface area contributed by atoms with Crippen molar-refractivity contribution in [2.24, 2.45) is 0 Å². The molecule has 3 aliphatic rings. The minimum Gasteiger partial charge on any atom is -0.368 e. The number of imide groups is 1. The number of benzene rings is 1. The zero-order chi connectivity index (χ0) is 21.1. The molecule has 0 radical (unpaired) electrons. The fourth-order valence-electron chi connectivity index (χ4n) is 4.36. The van der Waals surface area contributed by atoms with Gasteiger partial charge in [0, 0.05) is 38.7 Å². The molecule has 2 saturated heterocycles.